The topological polar surface area (TPSA) is 61.5 Å². The predicted molar refractivity (Wildman–Crippen MR) is 89.3 cm³/mol. The first-order chi connectivity index (χ1) is 11.2. The van der Waals surface area contributed by atoms with Gasteiger partial charge in [-0.25, -0.2) is 4.98 Å². The molecule has 2 heterocycles. The molecule has 0 atom stereocenters. The van der Waals surface area contributed by atoms with E-state index in [-0.39, 0.29) is 5.91 Å². The van der Waals surface area contributed by atoms with Crippen LogP contribution in [0, 0.1) is 0 Å². The van der Waals surface area contributed by atoms with Gasteiger partial charge in [0.25, 0.3) is 0 Å². The molecule has 6 heteroatoms. The van der Waals surface area contributed by atoms with Crippen LogP contribution in [0.15, 0.2) is 24.3 Å². The van der Waals surface area contributed by atoms with E-state index >= 15 is 0 Å². The zero-order chi connectivity index (χ0) is 16.1. The highest BCUT2D eigenvalue weighted by Crippen LogP contribution is 2.11. The Morgan fingerprint density at radius 3 is 2.91 bits per heavy atom. The molecule has 0 aliphatic carbocycles. The van der Waals surface area contributed by atoms with Crippen LogP contribution >= 0.6 is 0 Å². The number of hydrogen-bond acceptors (Lipinski definition) is 4. The average Bonchev–Trinajstić information content (AvgIpc) is 3.01. The number of benzene rings is 1. The van der Waals surface area contributed by atoms with Crippen molar-refractivity contribution in [2.75, 3.05) is 46.4 Å². The number of aromatic nitrogens is 2. The van der Waals surface area contributed by atoms with Crippen LogP contribution in [0.2, 0.25) is 0 Å². The summed E-state index contributed by atoms with van der Waals surface area (Å²) in [6.07, 6.45) is 1.13. The van der Waals surface area contributed by atoms with Gasteiger partial charge in [0.1, 0.15) is 5.82 Å². The fraction of sp³-hybridized carbons (Fsp3) is 0.529. The van der Waals surface area contributed by atoms with Crippen molar-refractivity contribution in [3.63, 3.8) is 0 Å². The van der Waals surface area contributed by atoms with Gasteiger partial charge < -0.3 is 14.6 Å². The Balaban J connectivity index is 1.44. The number of ether oxygens (including phenoxy) is 1. The van der Waals surface area contributed by atoms with E-state index in [4.69, 9.17) is 4.74 Å². The molecule has 6 nitrogen and oxygen atoms in total. The largest absolute Gasteiger partial charge is 0.379 e. The van der Waals surface area contributed by atoms with Gasteiger partial charge >= 0.3 is 0 Å². The van der Waals surface area contributed by atoms with Gasteiger partial charge in [-0.15, -0.1) is 0 Å². The lowest BCUT2D eigenvalue weighted by molar-refractivity contribution is -0.130. The summed E-state index contributed by atoms with van der Waals surface area (Å²) in [7, 11) is 1.88. The lowest BCUT2D eigenvalue weighted by atomic mass is 10.2. The standard InChI is InChI=1S/C17H24N4O2/c1-20(8-9-21-10-12-23-13-11-21)17(22)7-6-16-18-14-4-2-3-5-15(14)19-16/h2-5H,6-13H2,1H3,(H,18,19). The molecule has 1 saturated heterocycles. The molecular weight excluding hydrogens is 292 g/mol. The van der Waals surface area contributed by atoms with Gasteiger partial charge in [-0.1, -0.05) is 12.1 Å². The number of para-hydroxylation sites is 2. The third-order valence-electron chi connectivity index (χ3n) is 4.30. The Morgan fingerprint density at radius 2 is 2.13 bits per heavy atom. The number of carbonyl (C=O) groups excluding carboxylic acids is 1. The van der Waals surface area contributed by atoms with Crippen molar-refractivity contribution in [3.05, 3.63) is 30.1 Å². The number of H-pyrrole nitrogens is 1. The molecule has 124 valence electrons. The van der Waals surface area contributed by atoms with Gasteiger partial charge in [-0.3, -0.25) is 9.69 Å². The summed E-state index contributed by atoms with van der Waals surface area (Å²) >= 11 is 0. The summed E-state index contributed by atoms with van der Waals surface area (Å²) in [5.74, 6) is 1.04. The molecule has 1 aromatic heterocycles. The van der Waals surface area contributed by atoms with E-state index in [2.05, 4.69) is 14.9 Å². The van der Waals surface area contributed by atoms with Crippen LogP contribution in [0.1, 0.15) is 12.2 Å². The van der Waals surface area contributed by atoms with Crippen molar-refractivity contribution >= 4 is 16.9 Å². The maximum absolute atomic E-state index is 12.2. The molecule has 0 saturated carbocycles. The van der Waals surface area contributed by atoms with Crippen molar-refractivity contribution in [3.8, 4) is 0 Å². The van der Waals surface area contributed by atoms with Crippen LogP contribution in [0.25, 0.3) is 11.0 Å². The van der Waals surface area contributed by atoms with E-state index in [9.17, 15) is 4.79 Å². The van der Waals surface area contributed by atoms with Gasteiger partial charge in [-0.05, 0) is 12.1 Å². The van der Waals surface area contributed by atoms with Gasteiger partial charge in [0, 0.05) is 46.1 Å². The minimum absolute atomic E-state index is 0.165. The molecule has 1 fully saturated rings. The number of rotatable bonds is 6. The molecule has 3 rings (SSSR count). The van der Waals surface area contributed by atoms with Crippen LogP contribution in [0.3, 0.4) is 0 Å². The van der Waals surface area contributed by atoms with Crippen LogP contribution in [-0.2, 0) is 16.0 Å². The lowest BCUT2D eigenvalue weighted by Gasteiger charge is -2.28. The second-order valence-electron chi connectivity index (χ2n) is 5.97. The minimum Gasteiger partial charge on any atom is -0.379 e. The summed E-state index contributed by atoms with van der Waals surface area (Å²) in [4.78, 5) is 24.2. The van der Waals surface area contributed by atoms with Crippen molar-refractivity contribution in [2.24, 2.45) is 0 Å². The quantitative estimate of drug-likeness (QED) is 0.872. The first kappa shape index (κ1) is 16.0. The second kappa shape index (κ2) is 7.57. The maximum atomic E-state index is 12.2. The second-order valence-corrected chi connectivity index (χ2v) is 5.97. The number of nitrogens with one attached hydrogen (secondary N) is 1. The van der Waals surface area contributed by atoms with Crippen molar-refractivity contribution in [2.45, 2.75) is 12.8 Å². The monoisotopic (exact) mass is 316 g/mol. The van der Waals surface area contributed by atoms with E-state index in [0.29, 0.717) is 12.8 Å². The van der Waals surface area contributed by atoms with Gasteiger partial charge in [-0.2, -0.15) is 0 Å². The Labute approximate surface area is 136 Å². The fourth-order valence-electron chi connectivity index (χ4n) is 2.78. The van der Waals surface area contributed by atoms with E-state index in [0.717, 1.165) is 56.3 Å². The first-order valence-corrected chi connectivity index (χ1v) is 8.20. The third kappa shape index (κ3) is 4.30. The Hall–Kier alpha value is -1.92. The molecule has 0 radical (unpaired) electrons. The number of carbonyl (C=O) groups is 1. The van der Waals surface area contributed by atoms with Crippen molar-refractivity contribution in [1.82, 2.24) is 19.8 Å². The summed E-state index contributed by atoms with van der Waals surface area (Å²) in [5.41, 5.74) is 1.98. The first-order valence-electron chi connectivity index (χ1n) is 8.20. The van der Waals surface area contributed by atoms with E-state index in [1.807, 2.05) is 36.2 Å². The summed E-state index contributed by atoms with van der Waals surface area (Å²) in [5, 5.41) is 0. The van der Waals surface area contributed by atoms with E-state index in [1.165, 1.54) is 0 Å². The lowest BCUT2D eigenvalue weighted by Crippen LogP contribution is -2.42. The number of imidazole rings is 1. The number of morpholine rings is 1. The summed E-state index contributed by atoms with van der Waals surface area (Å²) in [6.45, 7) is 5.19. The number of likely N-dealkylation sites (N-methyl/N-ethyl adjacent to an activating group) is 1. The number of fused-ring (bicyclic) bond motifs is 1. The highest BCUT2D eigenvalue weighted by atomic mass is 16.5. The Morgan fingerprint density at radius 1 is 1.35 bits per heavy atom. The average molecular weight is 316 g/mol. The van der Waals surface area contributed by atoms with Crippen molar-refractivity contribution in [1.29, 1.82) is 0 Å². The Bertz CT molecular complexity index is 616. The number of amides is 1. The molecular formula is C17H24N4O2. The van der Waals surface area contributed by atoms with E-state index in [1.54, 1.807) is 0 Å². The fourth-order valence-corrected chi connectivity index (χ4v) is 2.78. The van der Waals surface area contributed by atoms with Crippen molar-refractivity contribution < 1.29 is 9.53 Å². The van der Waals surface area contributed by atoms with E-state index < -0.39 is 0 Å². The smallest absolute Gasteiger partial charge is 0.222 e. The Kier molecular flexibility index (Phi) is 5.25. The number of aryl methyl sites for hydroxylation is 1. The highest BCUT2D eigenvalue weighted by Gasteiger charge is 2.14. The predicted octanol–water partition coefficient (Wildman–Crippen LogP) is 1.29. The maximum Gasteiger partial charge on any atom is 0.222 e. The molecule has 1 aliphatic heterocycles. The normalized spacial score (nSPS) is 15.9. The van der Waals surface area contributed by atoms with Crippen LogP contribution in [0.4, 0.5) is 0 Å². The molecule has 1 N–H and O–H groups in total. The minimum atomic E-state index is 0.165. The molecule has 0 bridgehead atoms. The van der Waals surface area contributed by atoms with Crippen LogP contribution < -0.4 is 0 Å². The molecule has 1 amide bonds. The molecule has 23 heavy (non-hydrogen) atoms. The zero-order valence-electron chi connectivity index (χ0n) is 13.6. The number of nitrogens with zero attached hydrogens (tertiary/aromatic N) is 3. The summed E-state index contributed by atoms with van der Waals surface area (Å²) in [6, 6.07) is 7.93. The highest BCUT2D eigenvalue weighted by molar-refractivity contribution is 5.77. The number of aromatic amines is 1. The zero-order valence-corrected chi connectivity index (χ0v) is 13.6. The summed E-state index contributed by atoms with van der Waals surface area (Å²) < 4.78 is 5.33. The van der Waals surface area contributed by atoms with Crippen LogP contribution in [-0.4, -0.2) is 72.1 Å². The molecule has 0 unspecified atom stereocenters. The SMILES string of the molecule is CN(CCN1CCOCC1)C(=O)CCc1nc2ccccc2[nH]1. The molecule has 2 aromatic rings. The van der Waals surface area contributed by atoms with Gasteiger partial charge in [0.15, 0.2) is 0 Å². The van der Waals surface area contributed by atoms with Crippen LogP contribution in [0.5, 0.6) is 0 Å². The van der Waals surface area contributed by atoms with Gasteiger partial charge in [0.2, 0.25) is 5.91 Å². The molecule has 1 aromatic carbocycles. The number of hydrogen-bond donors (Lipinski definition) is 1. The van der Waals surface area contributed by atoms with Gasteiger partial charge in [0.05, 0.1) is 24.2 Å². The molecule has 0 spiro atoms. The molecule has 1 aliphatic rings. The third-order valence-corrected chi connectivity index (χ3v) is 4.30.